The first-order valence-electron chi connectivity index (χ1n) is 11.7. The molecule has 0 saturated heterocycles. The number of rotatable bonds is 14. The van der Waals surface area contributed by atoms with Gasteiger partial charge in [-0.1, -0.05) is 6.07 Å². The van der Waals surface area contributed by atoms with Crippen molar-refractivity contribution in [2.24, 2.45) is 0 Å². The maximum atomic E-state index is 13.6. The highest BCUT2D eigenvalue weighted by molar-refractivity contribution is 7.10. The predicted molar refractivity (Wildman–Crippen MR) is 130 cm³/mol. The van der Waals surface area contributed by atoms with Gasteiger partial charge in [-0.2, -0.15) is 0 Å². The lowest BCUT2D eigenvalue weighted by Gasteiger charge is -2.37. The van der Waals surface area contributed by atoms with Crippen LogP contribution in [0, 0.1) is 5.82 Å². The summed E-state index contributed by atoms with van der Waals surface area (Å²) in [5.74, 6) is 0.0586. The molecule has 2 atom stereocenters. The first-order chi connectivity index (χ1) is 16.5. The van der Waals surface area contributed by atoms with E-state index in [4.69, 9.17) is 14.2 Å². The van der Waals surface area contributed by atoms with Gasteiger partial charge in [-0.3, -0.25) is 9.69 Å². The van der Waals surface area contributed by atoms with Crippen molar-refractivity contribution in [2.75, 3.05) is 59.7 Å². The quantitative estimate of drug-likeness (QED) is 0.407. The first kappa shape index (κ1) is 26.6. The number of fused-ring (bicyclic) bond motifs is 1. The lowest BCUT2D eigenvalue weighted by atomic mass is 10.0. The third kappa shape index (κ3) is 7.74. The highest BCUT2D eigenvalue weighted by Gasteiger charge is 2.33. The SMILES string of the molecule is CCOC[C@H](O)CN(CCCOC)CC(=O)N1CCc2sccc2[C@@H]1COc1cccc(F)c1. The lowest BCUT2D eigenvalue weighted by molar-refractivity contribution is -0.136. The average molecular weight is 495 g/mol. The molecule has 1 aliphatic rings. The molecular formula is C25H35FN2O5S. The number of nitrogens with zero attached hydrogens (tertiary/aromatic N) is 2. The van der Waals surface area contributed by atoms with Crippen LogP contribution in [0.15, 0.2) is 35.7 Å². The van der Waals surface area contributed by atoms with E-state index < -0.39 is 6.10 Å². The molecule has 0 saturated carbocycles. The number of hydrogen-bond donors (Lipinski definition) is 1. The smallest absolute Gasteiger partial charge is 0.237 e. The zero-order valence-corrected chi connectivity index (χ0v) is 20.8. The van der Waals surface area contributed by atoms with E-state index >= 15 is 0 Å². The molecule has 7 nitrogen and oxygen atoms in total. The molecule has 2 heterocycles. The fraction of sp³-hybridized carbons (Fsp3) is 0.560. The van der Waals surface area contributed by atoms with Crippen LogP contribution in [0.25, 0.3) is 0 Å². The molecule has 0 fully saturated rings. The summed E-state index contributed by atoms with van der Waals surface area (Å²) < 4.78 is 30.0. The second-order valence-corrected chi connectivity index (χ2v) is 9.32. The van der Waals surface area contributed by atoms with Gasteiger partial charge in [0.15, 0.2) is 0 Å². The minimum atomic E-state index is -0.674. The van der Waals surface area contributed by atoms with E-state index in [2.05, 4.69) is 0 Å². The first-order valence-corrected chi connectivity index (χ1v) is 12.6. The van der Waals surface area contributed by atoms with Gasteiger partial charge in [-0.05, 0) is 48.9 Å². The summed E-state index contributed by atoms with van der Waals surface area (Å²) in [6.07, 6.45) is 0.879. The highest BCUT2D eigenvalue weighted by atomic mass is 32.1. The van der Waals surface area contributed by atoms with E-state index in [0.717, 1.165) is 18.4 Å². The van der Waals surface area contributed by atoms with Crippen LogP contribution in [0.2, 0.25) is 0 Å². The Kier molecular flexibility index (Phi) is 10.7. The molecular weight excluding hydrogens is 459 g/mol. The number of carbonyl (C=O) groups excluding carboxylic acids is 1. The molecule has 0 radical (unpaired) electrons. The maximum absolute atomic E-state index is 13.6. The maximum Gasteiger partial charge on any atom is 0.237 e. The van der Waals surface area contributed by atoms with E-state index in [1.54, 1.807) is 30.6 Å². The molecule has 9 heteroatoms. The number of thiophene rings is 1. The molecule has 1 amide bonds. The van der Waals surface area contributed by atoms with Gasteiger partial charge in [0, 0.05) is 50.9 Å². The summed E-state index contributed by atoms with van der Waals surface area (Å²) in [5.41, 5.74) is 1.09. The minimum Gasteiger partial charge on any atom is -0.491 e. The van der Waals surface area contributed by atoms with E-state index in [9.17, 15) is 14.3 Å². The number of aliphatic hydroxyl groups is 1. The van der Waals surface area contributed by atoms with Crippen molar-refractivity contribution in [1.29, 1.82) is 0 Å². The number of amides is 1. The van der Waals surface area contributed by atoms with E-state index in [1.165, 1.54) is 17.0 Å². The Labute approximate surface area is 205 Å². The summed E-state index contributed by atoms with van der Waals surface area (Å²) in [6.45, 7) is 5.23. The van der Waals surface area contributed by atoms with Crippen molar-refractivity contribution in [2.45, 2.75) is 31.9 Å². The second-order valence-electron chi connectivity index (χ2n) is 8.32. The Bertz CT molecular complexity index is 896. The summed E-state index contributed by atoms with van der Waals surface area (Å²) in [7, 11) is 1.65. The van der Waals surface area contributed by atoms with Gasteiger partial charge >= 0.3 is 0 Å². The minimum absolute atomic E-state index is 0.0225. The average Bonchev–Trinajstić information content (AvgIpc) is 3.30. The van der Waals surface area contributed by atoms with Crippen LogP contribution in [-0.2, 0) is 20.7 Å². The van der Waals surface area contributed by atoms with Gasteiger partial charge in [0.2, 0.25) is 5.91 Å². The van der Waals surface area contributed by atoms with Gasteiger partial charge < -0.3 is 24.2 Å². The summed E-state index contributed by atoms with van der Waals surface area (Å²) in [4.78, 5) is 18.5. The standard InChI is InChI=1S/C25H35FN2O5S/c1-3-32-17-20(29)15-27(10-5-12-31-2)16-25(30)28-11-8-24-22(9-13-34-24)23(28)18-33-21-7-4-6-19(26)14-21/h4,6-7,9,13-14,20,23,29H,3,5,8,10-12,15-18H2,1-2H3/t20-,23+/m1/s1. The van der Waals surface area contributed by atoms with Gasteiger partial charge in [-0.15, -0.1) is 11.3 Å². The Morgan fingerprint density at radius 1 is 1.38 bits per heavy atom. The fourth-order valence-corrected chi connectivity index (χ4v) is 5.09. The topological polar surface area (TPSA) is 71.5 Å². The highest BCUT2D eigenvalue weighted by Crippen LogP contribution is 2.34. The van der Waals surface area contributed by atoms with Gasteiger partial charge in [0.05, 0.1) is 25.3 Å². The number of methoxy groups -OCH3 is 1. The number of carbonyl (C=O) groups is 1. The molecule has 0 aliphatic carbocycles. The van der Waals surface area contributed by atoms with Crippen LogP contribution in [0.3, 0.4) is 0 Å². The van der Waals surface area contributed by atoms with Gasteiger partial charge in [-0.25, -0.2) is 4.39 Å². The van der Waals surface area contributed by atoms with Crippen LogP contribution >= 0.6 is 11.3 Å². The molecule has 188 valence electrons. The zero-order valence-electron chi connectivity index (χ0n) is 20.0. The lowest BCUT2D eigenvalue weighted by Crippen LogP contribution is -2.48. The normalized spacial score (nSPS) is 16.5. The second kappa shape index (κ2) is 13.7. The molecule has 2 aromatic rings. The van der Waals surface area contributed by atoms with Crippen molar-refractivity contribution >= 4 is 17.2 Å². The molecule has 1 aliphatic heterocycles. The predicted octanol–water partition coefficient (Wildman–Crippen LogP) is 3.13. The third-order valence-corrected chi connectivity index (χ3v) is 6.78. The Balaban J connectivity index is 1.69. The van der Waals surface area contributed by atoms with E-state index in [0.29, 0.717) is 38.6 Å². The molecule has 1 aromatic carbocycles. The molecule has 0 spiro atoms. The van der Waals surface area contributed by atoms with Crippen LogP contribution < -0.4 is 4.74 Å². The van der Waals surface area contributed by atoms with Crippen molar-refractivity contribution < 1.29 is 28.5 Å². The number of hydrogen-bond acceptors (Lipinski definition) is 7. The van der Waals surface area contributed by atoms with Crippen LogP contribution in [-0.4, -0.2) is 86.6 Å². The van der Waals surface area contributed by atoms with Crippen molar-refractivity contribution in [3.05, 3.63) is 52.0 Å². The zero-order chi connectivity index (χ0) is 24.3. The Morgan fingerprint density at radius 3 is 3.00 bits per heavy atom. The fourth-order valence-electron chi connectivity index (χ4n) is 4.16. The number of halogens is 1. The largest absolute Gasteiger partial charge is 0.491 e. The van der Waals surface area contributed by atoms with E-state index in [-0.39, 0.29) is 37.5 Å². The Hall–Kier alpha value is -2.04. The molecule has 1 aromatic heterocycles. The molecule has 3 rings (SSSR count). The van der Waals surface area contributed by atoms with E-state index in [1.807, 2.05) is 28.2 Å². The van der Waals surface area contributed by atoms with Gasteiger partial charge in [0.1, 0.15) is 18.2 Å². The molecule has 34 heavy (non-hydrogen) atoms. The summed E-state index contributed by atoms with van der Waals surface area (Å²) >= 11 is 1.69. The molecule has 0 unspecified atom stereocenters. The molecule has 1 N–H and O–H groups in total. The van der Waals surface area contributed by atoms with Crippen molar-refractivity contribution in [3.63, 3.8) is 0 Å². The van der Waals surface area contributed by atoms with Crippen LogP contribution in [0.5, 0.6) is 5.75 Å². The van der Waals surface area contributed by atoms with Crippen LogP contribution in [0.1, 0.15) is 29.8 Å². The summed E-state index contributed by atoms with van der Waals surface area (Å²) in [5, 5.41) is 12.4. The summed E-state index contributed by atoms with van der Waals surface area (Å²) in [6, 6.07) is 7.83. The number of benzene rings is 1. The Morgan fingerprint density at radius 2 is 2.24 bits per heavy atom. The monoisotopic (exact) mass is 494 g/mol. The third-order valence-electron chi connectivity index (χ3n) is 5.78. The molecule has 0 bridgehead atoms. The van der Waals surface area contributed by atoms with Crippen molar-refractivity contribution in [3.8, 4) is 5.75 Å². The van der Waals surface area contributed by atoms with Gasteiger partial charge in [0.25, 0.3) is 0 Å². The number of ether oxygens (including phenoxy) is 3. The van der Waals surface area contributed by atoms with Crippen LogP contribution in [0.4, 0.5) is 4.39 Å². The number of aliphatic hydroxyl groups excluding tert-OH is 1. The van der Waals surface area contributed by atoms with Crippen molar-refractivity contribution in [1.82, 2.24) is 9.80 Å².